The maximum Gasteiger partial charge on any atom is 0.288 e. The molecule has 1 heterocycles. The Bertz CT molecular complexity index is 818. The fraction of sp³-hybridized carbons (Fsp3) is 0.111. The summed E-state index contributed by atoms with van der Waals surface area (Å²) in [4.78, 5) is 0.374. The van der Waals surface area contributed by atoms with E-state index in [9.17, 15) is 5.11 Å². The largest absolute Gasteiger partial charge is 0.502 e. The number of hydrogen-bond donors (Lipinski definition) is 2. The average molecular weight is 380 g/mol. The van der Waals surface area contributed by atoms with E-state index in [1.54, 1.807) is 35.0 Å². The van der Waals surface area contributed by atoms with Gasteiger partial charge in [-0.25, -0.2) is 0 Å². The van der Waals surface area contributed by atoms with Crippen molar-refractivity contribution in [3.05, 3.63) is 76.6 Å². The van der Waals surface area contributed by atoms with Gasteiger partial charge in [-0.3, -0.25) is 0 Å². The quantitative estimate of drug-likeness (QED) is 0.262. The molecular weight excluding hydrogens is 363 g/mol. The van der Waals surface area contributed by atoms with Crippen LogP contribution in [0.2, 0.25) is 10.0 Å². The first-order valence-corrected chi connectivity index (χ1v) is 8.36. The van der Waals surface area contributed by atoms with Crippen LogP contribution in [0, 0.1) is 6.92 Å². The van der Waals surface area contributed by atoms with Crippen LogP contribution in [0.25, 0.3) is 11.5 Å². The molecule has 2 N–H and O–H groups in total. The van der Waals surface area contributed by atoms with Crippen LogP contribution in [0.5, 0.6) is 0 Å². The number of rotatable bonds is 5. The maximum absolute atomic E-state index is 10.9. The summed E-state index contributed by atoms with van der Waals surface area (Å²) in [5.41, 5.74) is 1.85. The summed E-state index contributed by atoms with van der Waals surface area (Å²) in [5.74, 6) is -0.0559. The third-order valence-electron chi connectivity index (χ3n) is 3.24. The predicted molar refractivity (Wildman–Crippen MR) is 104 cm³/mol. The van der Waals surface area contributed by atoms with Crippen molar-refractivity contribution in [1.29, 1.82) is 0 Å². The first-order chi connectivity index (χ1) is 11.4. The Morgan fingerprint density at radius 2 is 2.12 bits per heavy atom. The SMILES string of the molecule is C=CCNC(=S)/C(=C(\O)c1cc(Cl)ccc1Cl)[n+]1cccc(C)c1. The smallest absolute Gasteiger partial charge is 0.288 e. The molecule has 2 rings (SSSR count). The number of halogens is 2. The number of aliphatic hydroxyl groups is 1. The fourth-order valence-corrected chi connectivity index (χ4v) is 2.80. The number of aromatic nitrogens is 1. The number of aryl methyl sites for hydroxylation is 1. The van der Waals surface area contributed by atoms with Gasteiger partial charge in [0.1, 0.15) is 0 Å². The summed E-state index contributed by atoms with van der Waals surface area (Å²) in [7, 11) is 0. The van der Waals surface area contributed by atoms with Crippen LogP contribution in [0.3, 0.4) is 0 Å². The average Bonchev–Trinajstić information content (AvgIpc) is 2.55. The van der Waals surface area contributed by atoms with E-state index in [0.717, 1.165) is 5.56 Å². The van der Waals surface area contributed by atoms with Crippen molar-refractivity contribution in [2.75, 3.05) is 6.54 Å². The van der Waals surface area contributed by atoms with Gasteiger partial charge in [0.05, 0.1) is 5.02 Å². The highest BCUT2D eigenvalue weighted by molar-refractivity contribution is 7.81. The van der Waals surface area contributed by atoms with Gasteiger partial charge in [0.25, 0.3) is 5.70 Å². The lowest BCUT2D eigenvalue weighted by Crippen LogP contribution is -2.41. The summed E-state index contributed by atoms with van der Waals surface area (Å²) in [6.45, 7) is 6.10. The third-order valence-corrected chi connectivity index (χ3v) is 4.14. The molecule has 0 aliphatic carbocycles. The van der Waals surface area contributed by atoms with E-state index in [1.807, 2.05) is 25.3 Å². The molecule has 1 aromatic heterocycles. The van der Waals surface area contributed by atoms with Gasteiger partial charge in [0.2, 0.25) is 5.76 Å². The Morgan fingerprint density at radius 3 is 2.79 bits per heavy atom. The van der Waals surface area contributed by atoms with Crippen molar-refractivity contribution >= 4 is 51.9 Å². The van der Waals surface area contributed by atoms with Crippen LogP contribution in [0.4, 0.5) is 0 Å². The lowest BCUT2D eigenvalue weighted by molar-refractivity contribution is -0.576. The van der Waals surface area contributed by atoms with Gasteiger partial charge in [-0.2, -0.15) is 4.57 Å². The standard InChI is InChI=1S/C18H16Cl2N2OS/c1-3-8-21-18(24)16(22-9-4-5-12(2)11-22)17(23)14-10-13(19)6-7-15(14)20/h3-7,9-11H,1,8H2,2H3,(H-,21,23,24)/p+1. The van der Waals surface area contributed by atoms with E-state index in [0.29, 0.717) is 32.8 Å². The summed E-state index contributed by atoms with van der Waals surface area (Å²) >= 11 is 17.7. The molecule has 24 heavy (non-hydrogen) atoms. The molecule has 0 aliphatic heterocycles. The van der Waals surface area contributed by atoms with Crippen LogP contribution in [0.1, 0.15) is 11.1 Å². The van der Waals surface area contributed by atoms with E-state index < -0.39 is 0 Å². The van der Waals surface area contributed by atoms with Crippen molar-refractivity contribution in [2.45, 2.75) is 6.92 Å². The Hall–Kier alpha value is -1.88. The molecule has 0 saturated heterocycles. The van der Waals surface area contributed by atoms with E-state index in [2.05, 4.69) is 11.9 Å². The summed E-state index contributed by atoms with van der Waals surface area (Å²) in [6, 6.07) is 8.73. The van der Waals surface area contributed by atoms with E-state index >= 15 is 0 Å². The molecule has 0 radical (unpaired) electrons. The normalized spacial score (nSPS) is 11.6. The lowest BCUT2D eigenvalue weighted by atomic mass is 10.1. The highest BCUT2D eigenvalue weighted by atomic mass is 35.5. The molecule has 0 unspecified atom stereocenters. The number of nitrogens with one attached hydrogen (secondary N) is 1. The summed E-state index contributed by atoms with van der Waals surface area (Å²) in [6.07, 6.45) is 5.36. The molecule has 124 valence electrons. The van der Waals surface area contributed by atoms with Crippen molar-refractivity contribution in [3.8, 4) is 0 Å². The van der Waals surface area contributed by atoms with Gasteiger partial charge in [0.15, 0.2) is 17.4 Å². The zero-order chi connectivity index (χ0) is 17.7. The molecule has 0 bridgehead atoms. The number of pyridine rings is 1. The Morgan fingerprint density at radius 1 is 1.38 bits per heavy atom. The van der Waals surface area contributed by atoms with Crippen molar-refractivity contribution in [3.63, 3.8) is 0 Å². The minimum Gasteiger partial charge on any atom is -0.502 e. The second kappa shape index (κ2) is 8.29. The minimum atomic E-state index is -0.0559. The second-order valence-electron chi connectivity index (χ2n) is 5.11. The zero-order valence-electron chi connectivity index (χ0n) is 13.1. The number of benzene rings is 1. The molecule has 2 aromatic rings. The van der Waals surface area contributed by atoms with E-state index in [4.69, 9.17) is 35.4 Å². The summed E-state index contributed by atoms with van der Waals surface area (Å²) in [5, 5.41) is 14.8. The highest BCUT2D eigenvalue weighted by Gasteiger charge is 2.24. The van der Waals surface area contributed by atoms with Crippen LogP contribution in [-0.4, -0.2) is 16.6 Å². The molecule has 3 nitrogen and oxygen atoms in total. The monoisotopic (exact) mass is 379 g/mol. The molecular formula is C18H17Cl2N2OS+. The van der Waals surface area contributed by atoms with Crippen molar-refractivity contribution < 1.29 is 9.67 Å². The number of thiocarbonyl (C=S) groups is 1. The van der Waals surface area contributed by atoms with Crippen LogP contribution in [0.15, 0.2) is 55.4 Å². The zero-order valence-corrected chi connectivity index (χ0v) is 15.4. The van der Waals surface area contributed by atoms with Crippen LogP contribution < -0.4 is 9.88 Å². The van der Waals surface area contributed by atoms with Crippen molar-refractivity contribution in [2.24, 2.45) is 0 Å². The Kier molecular flexibility index (Phi) is 6.37. The molecule has 0 atom stereocenters. The first kappa shape index (κ1) is 18.5. The van der Waals surface area contributed by atoms with E-state index in [1.165, 1.54) is 0 Å². The molecule has 0 fully saturated rings. The molecule has 0 amide bonds. The molecule has 0 aliphatic rings. The fourth-order valence-electron chi connectivity index (χ4n) is 2.13. The molecule has 0 saturated carbocycles. The third kappa shape index (κ3) is 4.35. The van der Waals surface area contributed by atoms with Gasteiger partial charge in [-0.1, -0.05) is 41.5 Å². The van der Waals surface area contributed by atoms with Crippen LogP contribution in [-0.2, 0) is 0 Å². The van der Waals surface area contributed by atoms with Gasteiger partial charge >= 0.3 is 0 Å². The lowest BCUT2D eigenvalue weighted by Gasteiger charge is -2.10. The second-order valence-corrected chi connectivity index (χ2v) is 6.36. The minimum absolute atomic E-state index is 0.0559. The summed E-state index contributed by atoms with van der Waals surface area (Å²) < 4.78 is 1.75. The Labute approximate surface area is 156 Å². The number of nitrogens with zero attached hydrogens (tertiary/aromatic N) is 1. The van der Waals surface area contributed by atoms with Crippen molar-refractivity contribution in [1.82, 2.24) is 5.32 Å². The Balaban J connectivity index is 2.65. The van der Waals surface area contributed by atoms with Gasteiger partial charge in [-0.05, 0) is 31.2 Å². The molecule has 1 aromatic carbocycles. The highest BCUT2D eigenvalue weighted by Crippen LogP contribution is 2.28. The van der Waals surface area contributed by atoms with Gasteiger partial charge in [0, 0.05) is 28.8 Å². The van der Waals surface area contributed by atoms with Gasteiger partial charge < -0.3 is 10.4 Å². The maximum atomic E-state index is 10.9. The number of hydrogen-bond acceptors (Lipinski definition) is 2. The molecule has 0 spiro atoms. The number of aliphatic hydroxyl groups excluding tert-OH is 1. The predicted octanol–water partition coefficient (Wildman–Crippen LogP) is 4.58. The first-order valence-electron chi connectivity index (χ1n) is 7.20. The van der Waals surface area contributed by atoms with Crippen LogP contribution >= 0.6 is 35.4 Å². The molecule has 6 heteroatoms. The van der Waals surface area contributed by atoms with E-state index in [-0.39, 0.29) is 5.76 Å². The van der Waals surface area contributed by atoms with Gasteiger partial charge in [-0.15, -0.1) is 6.58 Å². The topological polar surface area (TPSA) is 36.1 Å².